The first-order chi connectivity index (χ1) is 18.2. The first-order valence-electron chi connectivity index (χ1n) is 12.2. The van der Waals surface area contributed by atoms with Crippen LogP contribution in [0.1, 0.15) is 22.5 Å². The van der Waals surface area contributed by atoms with E-state index in [1.54, 1.807) is 14.2 Å². The van der Waals surface area contributed by atoms with Gasteiger partial charge >= 0.3 is 0 Å². The van der Waals surface area contributed by atoms with Crippen LogP contribution in [0.3, 0.4) is 0 Å². The average molecular weight is 486 g/mol. The predicted molar refractivity (Wildman–Crippen MR) is 147 cm³/mol. The van der Waals surface area contributed by atoms with Crippen LogP contribution in [0.5, 0.6) is 11.5 Å². The van der Waals surface area contributed by atoms with Crippen molar-refractivity contribution in [1.29, 1.82) is 0 Å². The van der Waals surface area contributed by atoms with Gasteiger partial charge in [-0.25, -0.2) is 0 Å². The largest absolute Gasteiger partial charge is 0.497 e. The van der Waals surface area contributed by atoms with Crippen LogP contribution < -0.4 is 14.4 Å². The SMILES string of the molecule is COc1ccc2c(c1)N(C)c1cc(OC)ccc1C2(c1ccccn1)c1cccc(-c2ccccc2)n1. The molecule has 182 valence electrons. The first-order valence-corrected chi connectivity index (χ1v) is 12.2. The van der Waals surface area contributed by atoms with Gasteiger partial charge in [0.05, 0.1) is 31.3 Å². The Labute approximate surface area is 217 Å². The number of hydrogen-bond acceptors (Lipinski definition) is 5. The minimum absolute atomic E-state index is 0.762. The topological polar surface area (TPSA) is 47.5 Å². The van der Waals surface area contributed by atoms with Gasteiger partial charge in [-0.2, -0.15) is 0 Å². The van der Waals surface area contributed by atoms with E-state index in [0.717, 1.165) is 56.6 Å². The summed E-state index contributed by atoms with van der Waals surface area (Å²) in [5, 5.41) is 0. The Kier molecular flexibility index (Phi) is 5.61. The van der Waals surface area contributed by atoms with Gasteiger partial charge in [-0.15, -0.1) is 0 Å². The van der Waals surface area contributed by atoms with Gasteiger partial charge in [0, 0.05) is 42.3 Å². The molecular weight excluding hydrogens is 458 g/mol. The maximum absolute atomic E-state index is 5.64. The van der Waals surface area contributed by atoms with Crippen LogP contribution in [0, 0.1) is 0 Å². The normalized spacial score (nSPS) is 13.4. The second-order valence-corrected chi connectivity index (χ2v) is 9.06. The number of rotatable bonds is 5. The van der Waals surface area contributed by atoms with Crippen molar-refractivity contribution in [2.24, 2.45) is 0 Å². The zero-order chi connectivity index (χ0) is 25.4. The van der Waals surface area contributed by atoms with Crippen molar-refractivity contribution in [3.05, 3.63) is 132 Å². The zero-order valence-electron chi connectivity index (χ0n) is 21.1. The lowest BCUT2D eigenvalue weighted by atomic mass is 9.66. The number of benzene rings is 3. The van der Waals surface area contributed by atoms with E-state index < -0.39 is 5.41 Å². The summed E-state index contributed by atoms with van der Waals surface area (Å²) in [6.07, 6.45) is 1.85. The van der Waals surface area contributed by atoms with Gasteiger partial charge in [0.15, 0.2) is 0 Å². The van der Waals surface area contributed by atoms with E-state index in [9.17, 15) is 0 Å². The fraction of sp³-hybridized carbons (Fsp3) is 0.125. The van der Waals surface area contributed by atoms with E-state index in [0.29, 0.717) is 0 Å². The van der Waals surface area contributed by atoms with Gasteiger partial charge in [-0.3, -0.25) is 9.97 Å². The molecule has 37 heavy (non-hydrogen) atoms. The molecule has 0 aliphatic carbocycles. The Balaban J connectivity index is 1.74. The van der Waals surface area contributed by atoms with Crippen LogP contribution in [0.15, 0.2) is 109 Å². The number of hydrogen-bond donors (Lipinski definition) is 0. The molecule has 5 heteroatoms. The number of anilines is 2. The fourth-order valence-corrected chi connectivity index (χ4v) is 5.42. The van der Waals surface area contributed by atoms with E-state index >= 15 is 0 Å². The summed E-state index contributed by atoms with van der Waals surface area (Å²) < 4.78 is 11.3. The van der Waals surface area contributed by atoms with Crippen molar-refractivity contribution < 1.29 is 9.47 Å². The van der Waals surface area contributed by atoms with Crippen LogP contribution in [-0.4, -0.2) is 31.2 Å². The predicted octanol–water partition coefficient (Wildman–Crippen LogP) is 6.62. The van der Waals surface area contributed by atoms with Crippen molar-refractivity contribution in [1.82, 2.24) is 9.97 Å². The van der Waals surface area contributed by atoms with E-state index in [2.05, 4.69) is 72.6 Å². The molecule has 3 aromatic carbocycles. The average Bonchev–Trinajstić information content (AvgIpc) is 2.98. The quantitative estimate of drug-likeness (QED) is 0.280. The summed E-state index contributed by atoms with van der Waals surface area (Å²) in [4.78, 5) is 12.4. The molecular formula is C32H27N3O2. The molecule has 0 unspecified atom stereocenters. The third-order valence-electron chi connectivity index (χ3n) is 7.19. The summed E-state index contributed by atoms with van der Waals surface area (Å²) in [5.41, 5.74) is 7.25. The molecule has 1 aliphatic rings. The minimum atomic E-state index is -0.762. The van der Waals surface area contributed by atoms with Gasteiger partial charge in [-0.05, 0) is 47.5 Å². The van der Waals surface area contributed by atoms with Crippen LogP contribution in [0.4, 0.5) is 11.4 Å². The minimum Gasteiger partial charge on any atom is -0.497 e. The van der Waals surface area contributed by atoms with Crippen LogP contribution in [0.2, 0.25) is 0 Å². The smallest absolute Gasteiger partial charge is 0.120 e. The van der Waals surface area contributed by atoms with Crippen molar-refractivity contribution in [2.45, 2.75) is 5.41 Å². The van der Waals surface area contributed by atoms with Gasteiger partial charge in [0.1, 0.15) is 16.9 Å². The third kappa shape index (κ3) is 3.54. The maximum atomic E-state index is 5.64. The standard InChI is InChI=1S/C32H27N3O2/c1-35-28-20-23(36-2)15-17-25(28)32(30-13-7-8-19-33-30,26-18-16-24(37-3)21-29(26)35)31-14-9-12-27(34-31)22-10-5-4-6-11-22/h4-21H,1-3H3. The highest BCUT2D eigenvalue weighted by Gasteiger charge is 2.48. The van der Waals surface area contributed by atoms with E-state index in [1.165, 1.54) is 0 Å². The number of methoxy groups -OCH3 is 2. The molecule has 0 bridgehead atoms. The number of ether oxygens (including phenoxy) is 2. The van der Waals surface area contributed by atoms with Gasteiger partial charge < -0.3 is 14.4 Å². The maximum Gasteiger partial charge on any atom is 0.120 e. The Morgan fingerprint density at radius 2 is 1.27 bits per heavy atom. The van der Waals surface area contributed by atoms with Gasteiger partial charge in [-0.1, -0.05) is 54.6 Å². The first kappa shape index (κ1) is 22.8. The summed E-state index contributed by atoms with van der Waals surface area (Å²) >= 11 is 0. The molecule has 5 nitrogen and oxygen atoms in total. The van der Waals surface area contributed by atoms with Crippen molar-refractivity contribution in [3.8, 4) is 22.8 Å². The van der Waals surface area contributed by atoms with Crippen molar-refractivity contribution in [2.75, 3.05) is 26.2 Å². The summed E-state index contributed by atoms with van der Waals surface area (Å²) in [6, 6.07) is 35.1. The molecule has 2 aromatic heterocycles. The van der Waals surface area contributed by atoms with Crippen molar-refractivity contribution >= 4 is 11.4 Å². The molecule has 0 N–H and O–H groups in total. The summed E-state index contributed by atoms with van der Waals surface area (Å²) in [5.74, 6) is 1.58. The fourth-order valence-electron chi connectivity index (χ4n) is 5.42. The lowest BCUT2D eigenvalue weighted by Crippen LogP contribution is -2.39. The Bertz CT molecular complexity index is 1510. The highest BCUT2D eigenvalue weighted by atomic mass is 16.5. The van der Waals surface area contributed by atoms with Crippen LogP contribution >= 0.6 is 0 Å². The summed E-state index contributed by atoms with van der Waals surface area (Å²) in [7, 11) is 5.46. The van der Waals surface area contributed by atoms with Gasteiger partial charge in [0.2, 0.25) is 0 Å². The van der Waals surface area contributed by atoms with E-state index in [-0.39, 0.29) is 0 Å². The highest BCUT2D eigenvalue weighted by Crippen LogP contribution is 2.55. The lowest BCUT2D eigenvalue weighted by molar-refractivity contribution is 0.413. The van der Waals surface area contributed by atoms with Crippen molar-refractivity contribution in [3.63, 3.8) is 0 Å². The second-order valence-electron chi connectivity index (χ2n) is 9.06. The third-order valence-corrected chi connectivity index (χ3v) is 7.19. The number of aromatic nitrogens is 2. The highest BCUT2D eigenvalue weighted by molar-refractivity contribution is 5.83. The monoisotopic (exact) mass is 485 g/mol. The number of fused-ring (bicyclic) bond motifs is 2. The van der Waals surface area contributed by atoms with Crippen LogP contribution in [0.25, 0.3) is 11.3 Å². The molecule has 1 aliphatic heterocycles. The number of pyridine rings is 2. The number of nitrogens with zero attached hydrogens (tertiary/aromatic N) is 3. The summed E-state index contributed by atoms with van der Waals surface area (Å²) in [6.45, 7) is 0. The zero-order valence-corrected chi connectivity index (χ0v) is 21.1. The lowest BCUT2D eigenvalue weighted by Gasteiger charge is -2.44. The van der Waals surface area contributed by atoms with Gasteiger partial charge in [0.25, 0.3) is 0 Å². The molecule has 0 atom stereocenters. The molecule has 0 radical (unpaired) electrons. The molecule has 0 amide bonds. The molecule has 0 saturated heterocycles. The molecule has 0 saturated carbocycles. The Hall–Kier alpha value is -4.64. The van der Waals surface area contributed by atoms with Crippen LogP contribution in [-0.2, 0) is 5.41 Å². The molecule has 6 rings (SSSR count). The second kappa shape index (κ2) is 9.10. The Morgan fingerprint density at radius 3 is 1.86 bits per heavy atom. The molecule has 5 aromatic rings. The van der Waals surface area contributed by atoms with E-state index in [1.807, 2.05) is 48.7 Å². The molecule has 0 fully saturated rings. The van der Waals surface area contributed by atoms with E-state index in [4.69, 9.17) is 19.4 Å². The molecule has 3 heterocycles. The molecule has 0 spiro atoms. The Morgan fingerprint density at radius 1 is 0.649 bits per heavy atom.